The normalized spacial score (nSPS) is 24.2. The average Bonchev–Trinajstić information content (AvgIpc) is 3.90. The minimum Gasteiger partial charge on any atom is -0.461 e. The van der Waals surface area contributed by atoms with Crippen molar-refractivity contribution in [2.75, 3.05) is 50.9 Å². The second-order valence-electron chi connectivity index (χ2n) is 14.6. The molecule has 2 N–H and O–H groups in total. The van der Waals surface area contributed by atoms with E-state index in [4.69, 9.17) is 19.4 Å². The molecule has 280 valence electrons. The first-order valence-corrected chi connectivity index (χ1v) is 17.4. The highest BCUT2D eigenvalue weighted by atomic mass is 19.3. The lowest BCUT2D eigenvalue weighted by Gasteiger charge is -2.31. The Labute approximate surface area is 297 Å². The van der Waals surface area contributed by atoms with Crippen molar-refractivity contribution >= 4 is 49.6 Å². The minimum atomic E-state index is -3.25. The summed E-state index contributed by atoms with van der Waals surface area (Å²) in [5, 5.41) is 22.8. The Kier molecular flexibility index (Phi) is 7.84. The van der Waals surface area contributed by atoms with E-state index in [0.717, 1.165) is 25.5 Å². The fourth-order valence-corrected chi connectivity index (χ4v) is 8.75. The third-order valence-electron chi connectivity index (χ3n) is 11.0. The second kappa shape index (κ2) is 12.2. The van der Waals surface area contributed by atoms with E-state index < -0.39 is 41.7 Å². The van der Waals surface area contributed by atoms with Gasteiger partial charge in [-0.25, -0.2) is 22.2 Å². The number of hydrogen-bond acceptors (Lipinski definition) is 9. The van der Waals surface area contributed by atoms with E-state index in [1.165, 1.54) is 22.9 Å². The van der Waals surface area contributed by atoms with E-state index in [1.54, 1.807) is 18.9 Å². The standard InChI is InChI=1S/C35H35F6N9O3/c1-34(51)14-48(8-9-52-15-34)31-25-27-28(47(2)30(25)43-33(44-31)53-16-35-6-3-7-49(35)13-18(36)11-35)26(46-50(27)32(40)41)23-19-12-42-45-21(19)10-17-4-5-20(37)24(22(17)23)29(38)39/h4-5,10,12,18,29,32,51H,3,6-9,11,13-16H2,1-2H3,(H,42,45)/t18-,34+,35+/m1/s1. The summed E-state index contributed by atoms with van der Waals surface area (Å²) < 4.78 is 103. The summed E-state index contributed by atoms with van der Waals surface area (Å²) >= 11 is 0. The molecule has 53 heavy (non-hydrogen) atoms. The van der Waals surface area contributed by atoms with Crippen molar-refractivity contribution in [1.82, 2.24) is 39.4 Å². The first-order valence-electron chi connectivity index (χ1n) is 17.4. The maximum Gasteiger partial charge on any atom is 0.333 e. The zero-order chi connectivity index (χ0) is 37.0. The molecule has 4 aromatic heterocycles. The number of halogens is 6. The highest BCUT2D eigenvalue weighted by molar-refractivity contribution is 6.20. The molecule has 0 radical (unpaired) electrons. The lowest BCUT2D eigenvalue weighted by atomic mass is 9.93. The van der Waals surface area contributed by atoms with Gasteiger partial charge in [0.25, 0.3) is 6.43 Å². The Balaban J connectivity index is 1.33. The molecule has 0 aliphatic carbocycles. The Bertz CT molecular complexity index is 2410. The van der Waals surface area contributed by atoms with Gasteiger partial charge in [0.1, 0.15) is 41.2 Å². The van der Waals surface area contributed by atoms with Gasteiger partial charge >= 0.3 is 12.6 Å². The molecule has 18 heteroatoms. The number of rotatable bonds is 7. The smallest absolute Gasteiger partial charge is 0.333 e. The Morgan fingerprint density at radius 1 is 1.13 bits per heavy atom. The lowest BCUT2D eigenvalue weighted by Crippen LogP contribution is -2.44. The molecule has 7 heterocycles. The molecule has 9 rings (SSSR count). The van der Waals surface area contributed by atoms with E-state index in [2.05, 4.69) is 20.2 Å². The van der Waals surface area contributed by atoms with Gasteiger partial charge in [-0.3, -0.25) is 10.00 Å². The third-order valence-corrected chi connectivity index (χ3v) is 11.0. The summed E-state index contributed by atoms with van der Waals surface area (Å²) in [6.45, 7) is -0.0897. The number of benzene rings is 2. The van der Waals surface area contributed by atoms with Gasteiger partial charge in [0.15, 0.2) is 5.65 Å². The molecule has 0 amide bonds. The van der Waals surface area contributed by atoms with Crippen LogP contribution in [0.1, 0.15) is 44.7 Å². The highest BCUT2D eigenvalue weighted by Crippen LogP contribution is 2.47. The van der Waals surface area contributed by atoms with Crippen LogP contribution in [0, 0.1) is 5.82 Å². The maximum atomic E-state index is 15.2. The van der Waals surface area contributed by atoms with Crippen LogP contribution in [0.4, 0.5) is 32.2 Å². The lowest BCUT2D eigenvalue weighted by molar-refractivity contribution is -0.0123. The molecule has 6 aromatic rings. The van der Waals surface area contributed by atoms with Gasteiger partial charge in [0.05, 0.1) is 53.5 Å². The minimum absolute atomic E-state index is 0.00184. The summed E-state index contributed by atoms with van der Waals surface area (Å²) in [5.41, 5.74) is -2.43. The quantitative estimate of drug-likeness (QED) is 0.189. The second-order valence-corrected chi connectivity index (χ2v) is 14.6. The number of aryl methyl sites for hydroxylation is 1. The molecule has 0 spiro atoms. The summed E-state index contributed by atoms with van der Waals surface area (Å²) in [4.78, 5) is 13.3. The molecular weight excluding hydrogens is 708 g/mol. The van der Waals surface area contributed by atoms with Crippen LogP contribution in [-0.4, -0.2) is 108 Å². The summed E-state index contributed by atoms with van der Waals surface area (Å²) in [6.07, 6.45) is -0.986. The number of nitrogens with one attached hydrogen (secondary N) is 1. The van der Waals surface area contributed by atoms with Crippen LogP contribution in [0.2, 0.25) is 0 Å². The molecule has 0 unspecified atom stereocenters. The largest absolute Gasteiger partial charge is 0.461 e. The van der Waals surface area contributed by atoms with Crippen LogP contribution >= 0.6 is 0 Å². The van der Waals surface area contributed by atoms with Gasteiger partial charge in [-0.2, -0.15) is 28.9 Å². The fourth-order valence-electron chi connectivity index (χ4n) is 8.75. The van der Waals surface area contributed by atoms with E-state index in [0.29, 0.717) is 23.2 Å². The van der Waals surface area contributed by atoms with Crippen molar-refractivity contribution in [3.05, 3.63) is 35.8 Å². The van der Waals surface area contributed by atoms with Gasteiger partial charge in [-0.05, 0) is 43.8 Å². The number of β-amino-alcohol motifs (C(OH)–C–C–N with tert-alkyl or cyclic N) is 1. The molecule has 3 aliphatic rings. The van der Waals surface area contributed by atoms with E-state index in [9.17, 15) is 18.3 Å². The number of ether oxygens (including phenoxy) is 2. The van der Waals surface area contributed by atoms with Crippen LogP contribution in [0.15, 0.2) is 24.4 Å². The zero-order valence-electron chi connectivity index (χ0n) is 28.7. The number of anilines is 1. The molecule has 3 aliphatic heterocycles. The number of nitrogens with zero attached hydrogens (tertiary/aromatic N) is 8. The van der Waals surface area contributed by atoms with Gasteiger partial charge in [-0.1, -0.05) is 6.07 Å². The van der Waals surface area contributed by atoms with E-state index >= 15 is 13.2 Å². The van der Waals surface area contributed by atoms with Crippen LogP contribution in [0.3, 0.4) is 0 Å². The third kappa shape index (κ3) is 5.31. The predicted octanol–water partition coefficient (Wildman–Crippen LogP) is 6.03. The van der Waals surface area contributed by atoms with Crippen molar-refractivity contribution in [3.63, 3.8) is 0 Å². The number of aromatic nitrogens is 7. The fraction of sp³-hybridized carbons (Fsp3) is 0.486. The Morgan fingerprint density at radius 3 is 2.75 bits per heavy atom. The van der Waals surface area contributed by atoms with Crippen molar-refractivity contribution < 1.29 is 40.9 Å². The number of aliphatic hydroxyl groups is 1. The Hall–Kier alpha value is -4.68. The van der Waals surface area contributed by atoms with Gasteiger partial charge in [0, 0.05) is 42.9 Å². The highest BCUT2D eigenvalue weighted by Gasteiger charge is 2.49. The first-order chi connectivity index (χ1) is 25.4. The van der Waals surface area contributed by atoms with Crippen molar-refractivity contribution in [1.29, 1.82) is 0 Å². The number of alkyl halides is 5. The van der Waals surface area contributed by atoms with Crippen molar-refractivity contribution in [2.24, 2.45) is 7.05 Å². The summed E-state index contributed by atoms with van der Waals surface area (Å²) in [6, 6.07) is 3.72. The maximum absolute atomic E-state index is 15.2. The molecule has 2 aromatic carbocycles. The van der Waals surface area contributed by atoms with Crippen molar-refractivity contribution in [2.45, 2.75) is 56.5 Å². The molecule has 0 bridgehead atoms. The van der Waals surface area contributed by atoms with E-state index in [1.807, 2.05) is 0 Å². The zero-order valence-corrected chi connectivity index (χ0v) is 28.7. The monoisotopic (exact) mass is 743 g/mol. The number of fused-ring (bicyclic) bond motifs is 6. The molecule has 3 atom stereocenters. The van der Waals surface area contributed by atoms with Crippen LogP contribution < -0.4 is 9.64 Å². The van der Waals surface area contributed by atoms with Crippen molar-refractivity contribution in [3.8, 4) is 17.3 Å². The first kappa shape index (κ1) is 34.1. The molecule has 0 saturated carbocycles. The number of hydrogen-bond donors (Lipinski definition) is 2. The van der Waals surface area contributed by atoms with Crippen LogP contribution in [0.25, 0.3) is 55.0 Å². The SMILES string of the molecule is Cn1c2nc(OC[C@@]34CCCN3C[C@H](F)C4)nc(N3CCOC[C@@](C)(O)C3)c2c2c1c(-c1c3cn[nH]c3cc3ccc(F)c(C(F)F)c13)nn2C(F)F. The molecule has 12 nitrogen and oxygen atoms in total. The number of aromatic amines is 1. The predicted molar refractivity (Wildman–Crippen MR) is 183 cm³/mol. The van der Waals surface area contributed by atoms with Crippen LogP contribution in [0.5, 0.6) is 6.01 Å². The molecule has 3 saturated heterocycles. The summed E-state index contributed by atoms with van der Waals surface area (Å²) in [5.74, 6) is -1.01. The van der Waals surface area contributed by atoms with Gasteiger partial charge < -0.3 is 24.0 Å². The van der Waals surface area contributed by atoms with Gasteiger partial charge in [0.2, 0.25) is 0 Å². The average molecular weight is 744 g/mol. The molecular formula is C35H35F6N9O3. The topological polar surface area (TPSA) is 122 Å². The van der Waals surface area contributed by atoms with E-state index in [-0.39, 0.29) is 94.2 Å². The van der Waals surface area contributed by atoms with Gasteiger partial charge in [-0.15, -0.1) is 0 Å². The summed E-state index contributed by atoms with van der Waals surface area (Å²) in [7, 11) is 1.57. The molecule has 3 fully saturated rings. The number of H-pyrrole nitrogens is 1. The Morgan fingerprint density at radius 2 is 1.96 bits per heavy atom. The van der Waals surface area contributed by atoms with Crippen LogP contribution in [-0.2, 0) is 11.8 Å².